The number of carbonyl (C=O) groups excluding carboxylic acids is 1. The zero-order valence-electron chi connectivity index (χ0n) is 15.4. The molecule has 2 N–H and O–H groups in total. The topological polar surface area (TPSA) is 94.7 Å². The highest BCUT2D eigenvalue weighted by atomic mass is 16.2. The number of imidazole rings is 1. The van der Waals surface area contributed by atoms with Crippen molar-refractivity contribution in [1.29, 1.82) is 0 Å². The summed E-state index contributed by atoms with van der Waals surface area (Å²) in [6.07, 6.45) is 1.65. The lowest BCUT2D eigenvalue weighted by Crippen LogP contribution is -2.32. The van der Waals surface area contributed by atoms with E-state index < -0.39 is 0 Å². The van der Waals surface area contributed by atoms with E-state index in [9.17, 15) is 9.59 Å². The molecule has 0 spiro atoms. The maximum absolute atomic E-state index is 13.2. The van der Waals surface area contributed by atoms with Crippen molar-refractivity contribution in [2.24, 2.45) is 0 Å². The number of para-hydroxylation sites is 1. The molecule has 7 nitrogen and oxygen atoms in total. The van der Waals surface area contributed by atoms with E-state index in [0.717, 1.165) is 29.7 Å². The van der Waals surface area contributed by atoms with Crippen LogP contribution in [0.3, 0.4) is 0 Å². The van der Waals surface area contributed by atoms with Crippen LogP contribution in [-0.2, 0) is 0 Å². The second-order valence-corrected chi connectivity index (χ2v) is 7.18. The van der Waals surface area contributed by atoms with Gasteiger partial charge in [0.2, 0.25) is 0 Å². The van der Waals surface area contributed by atoms with Gasteiger partial charge in [0.25, 0.3) is 11.5 Å². The van der Waals surface area contributed by atoms with Crippen LogP contribution in [0.1, 0.15) is 40.9 Å². The number of aromatic amines is 2. The average molecular weight is 373 g/mol. The third-order valence-electron chi connectivity index (χ3n) is 5.31. The molecular weight excluding hydrogens is 354 g/mol. The number of hydrogen-bond donors (Lipinski definition) is 2. The number of rotatable bonds is 2. The molecule has 28 heavy (non-hydrogen) atoms. The fourth-order valence-corrected chi connectivity index (χ4v) is 3.99. The summed E-state index contributed by atoms with van der Waals surface area (Å²) in [7, 11) is 0. The van der Waals surface area contributed by atoms with Crippen molar-refractivity contribution in [2.45, 2.75) is 25.8 Å². The van der Waals surface area contributed by atoms with E-state index in [4.69, 9.17) is 0 Å². The molecule has 140 valence electrons. The maximum Gasteiger partial charge on any atom is 0.258 e. The molecular formula is C21H19N5O2. The first-order valence-electron chi connectivity index (χ1n) is 9.36. The van der Waals surface area contributed by atoms with Crippen molar-refractivity contribution >= 4 is 27.8 Å². The van der Waals surface area contributed by atoms with Crippen LogP contribution in [-0.4, -0.2) is 37.3 Å². The Kier molecular flexibility index (Phi) is 3.75. The fraction of sp³-hybridized carbons (Fsp3) is 0.238. The highest BCUT2D eigenvalue weighted by Gasteiger charge is 2.32. The number of amides is 1. The standard InChI is InChI=1S/C21H19N5O2/c1-12-22-16-9-8-13(11-17(16)23-12)21(28)26-10-4-7-18(26)19-24-15-6-3-2-5-14(15)20(27)25-19/h2-3,5-6,8-9,11,18H,4,7,10H2,1H3,(H,22,23)(H,24,25,27). The number of nitrogens with zero attached hydrogens (tertiary/aromatic N) is 3. The van der Waals surface area contributed by atoms with Crippen molar-refractivity contribution in [2.75, 3.05) is 6.54 Å². The van der Waals surface area contributed by atoms with Crippen molar-refractivity contribution < 1.29 is 4.79 Å². The predicted molar refractivity (Wildman–Crippen MR) is 106 cm³/mol. The van der Waals surface area contributed by atoms with Gasteiger partial charge in [0, 0.05) is 12.1 Å². The first kappa shape index (κ1) is 16.7. The minimum Gasteiger partial charge on any atom is -0.342 e. The molecule has 0 saturated carbocycles. The number of fused-ring (bicyclic) bond motifs is 2. The molecule has 1 fully saturated rings. The van der Waals surface area contributed by atoms with Crippen molar-refractivity contribution in [3.05, 3.63) is 70.0 Å². The fourth-order valence-electron chi connectivity index (χ4n) is 3.99. The first-order chi connectivity index (χ1) is 13.6. The number of carbonyl (C=O) groups is 1. The van der Waals surface area contributed by atoms with Gasteiger partial charge >= 0.3 is 0 Å². The minimum absolute atomic E-state index is 0.0625. The summed E-state index contributed by atoms with van der Waals surface area (Å²) in [4.78, 5) is 42.5. The molecule has 0 bridgehead atoms. The van der Waals surface area contributed by atoms with Crippen LogP contribution in [0, 0.1) is 6.92 Å². The Bertz CT molecular complexity index is 1270. The SMILES string of the molecule is Cc1nc2ccc(C(=O)N3CCCC3c3nc4ccccc4c(=O)[nH]3)cc2[nH]1. The van der Waals surface area contributed by atoms with E-state index in [-0.39, 0.29) is 17.5 Å². The number of H-pyrrole nitrogens is 2. The number of aryl methyl sites for hydroxylation is 1. The summed E-state index contributed by atoms with van der Waals surface area (Å²) in [6.45, 7) is 2.53. The number of nitrogens with one attached hydrogen (secondary N) is 2. The lowest BCUT2D eigenvalue weighted by atomic mass is 10.1. The monoisotopic (exact) mass is 373 g/mol. The van der Waals surface area contributed by atoms with E-state index in [1.807, 2.05) is 37.3 Å². The van der Waals surface area contributed by atoms with Gasteiger partial charge in [0.1, 0.15) is 11.6 Å². The van der Waals surface area contributed by atoms with Crippen LogP contribution >= 0.6 is 0 Å². The molecule has 4 aromatic rings. The number of likely N-dealkylation sites (tertiary alicyclic amines) is 1. The van der Waals surface area contributed by atoms with E-state index in [2.05, 4.69) is 19.9 Å². The maximum atomic E-state index is 13.2. The Labute approximate surface area is 160 Å². The summed E-state index contributed by atoms with van der Waals surface area (Å²) in [5.74, 6) is 1.30. The van der Waals surface area contributed by atoms with Gasteiger partial charge in [-0.25, -0.2) is 9.97 Å². The van der Waals surface area contributed by atoms with Gasteiger partial charge in [-0.2, -0.15) is 0 Å². The van der Waals surface area contributed by atoms with Gasteiger partial charge in [-0.15, -0.1) is 0 Å². The largest absolute Gasteiger partial charge is 0.342 e. The highest BCUT2D eigenvalue weighted by Crippen LogP contribution is 2.31. The number of benzene rings is 2. The second kappa shape index (κ2) is 6.30. The Morgan fingerprint density at radius 3 is 2.86 bits per heavy atom. The Hall–Kier alpha value is -3.48. The molecule has 2 aromatic carbocycles. The Balaban J connectivity index is 1.52. The highest BCUT2D eigenvalue weighted by molar-refractivity contribution is 5.97. The van der Waals surface area contributed by atoms with E-state index in [1.54, 1.807) is 17.0 Å². The van der Waals surface area contributed by atoms with Crippen molar-refractivity contribution in [1.82, 2.24) is 24.8 Å². The average Bonchev–Trinajstić information content (AvgIpc) is 3.32. The van der Waals surface area contributed by atoms with Crippen molar-refractivity contribution in [3.63, 3.8) is 0 Å². The molecule has 1 aliphatic heterocycles. The smallest absolute Gasteiger partial charge is 0.258 e. The molecule has 5 rings (SSSR count). The van der Waals surface area contributed by atoms with Crippen LogP contribution < -0.4 is 5.56 Å². The van der Waals surface area contributed by atoms with Gasteiger partial charge in [-0.05, 0) is 50.1 Å². The summed E-state index contributed by atoms with van der Waals surface area (Å²) >= 11 is 0. The lowest BCUT2D eigenvalue weighted by Gasteiger charge is -2.24. The molecule has 1 aliphatic rings. The third kappa shape index (κ3) is 2.67. The molecule has 1 saturated heterocycles. The molecule has 7 heteroatoms. The lowest BCUT2D eigenvalue weighted by molar-refractivity contribution is 0.0730. The zero-order chi connectivity index (χ0) is 19.3. The van der Waals surface area contributed by atoms with Crippen LogP contribution in [0.2, 0.25) is 0 Å². The molecule has 0 aliphatic carbocycles. The van der Waals surface area contributed by atoms with Gasteiger partial charge in [-0.3, -0.25) is 9.59 Å². The van der Waals surface area contributed by atoms with Gasteiger partial charge in [-0.1, -0.05) is 12.1 Å². The summed E-state index contributed by atoms with van der Waals surface area (Å²) < 4.78 is 0. The zero-order valence-corrected chi connectivity index (χ0v) is 15.4. The van der Waals surface area contributed by atoms with E-state index in [0.29, 0.717) is 28.8 Å². The van der Waals surface area contributed by atoms with Crippen LogP contribution in [0.15, 0.2) is 47.3 Å². The van der Waals surface area contributed by atoms with Gasteiger partial charge < -0.3 is 14.9 Å². The van der Waals surface area contributed by atoms with Crippen LogP contribution in [0.5, 0.6) is 0 Å². The predicted octanol–water partition coefficient (Wildman–Crippen LogP) is 3.09. The Morgan fingerprint density at radius 1 is 1.11 bits per heavy atom. The number of hydrogen-bond acceptors (Lipinski definition) is 4. The molecule has 1 unspecified atom stereocenters. The summed E-state index contributed by atoms with van der Waals surface area (Å²) in [5, 5.41) is 0.558. The molecule has 2 aromatic heterocycles. The summed E-state index contributed by atoms with van der Waals surface area (Å²) in [6, 6.07) is 12.5. The van der Waals surface area contributed by atoms with Gasteiger partial charge in [0.05, 0.1) is 28.0 Å². The van der Waals surface area contributed by atoms with E-state index >= 15 is 0 Å². The second-order valence-electron chi connectivity index (χ2n) is 7.18. The molecule has 0 radical (unpaired) electrons. The van der Waals surface area contributed by atoms with Crippen LogP contribution in [0.4, 0.5) is 0 Å². The molecule has 3 heterocycles. The van der Waals surface area contributed by atoms with E-state index in [1.165, 1.54) is 0 Å². The Morgan fingerprint density at radius 2 is 1.96 bits per heavy atom. The normalized spacial score (nSPS) is 16.9. The third-order valence-corrected chi connectivity index (χ3v) is 5.31. The minimum atomic E-state index is -0.232. The quantitative estimate of drug-likeness (QED) is 0.564. The number of aromatic nitrogens is 4. The van der Waals surface area contributed by atoms with Crippen LogP contribution in [0.25, 0.3) is 21.9 Å². The molecule has 1 amide bonds. The summed E-state index contributed by atoms with van der Waals surface area (Å²) in [5.41, 5.74) is 2.76. The van der Waals surface area contributed by atoms with Crippen molar-refractivity contribution in [3.8, 4) is 0 Å². The molecule has 1 atom stereocenters. The van der Waals surface area contributed by atoms with Gasteiger partial charge in [0.15, 0.2) is 0 Å². The first-order valence-corrected chi connectivity index (χ1v) is 9.36.